The van der Waals surface area contributed by atoms with Gasteiger partial charge in [0, 0.05) is 0 Å². The Bertz CT molecular complexity index is 365. The van der Waals surface area contributed by atoms with Crippen molar-refractivity contribution in [1.29, 1.82) is 0 Å². The summed E-state index contributed by atoms with van der Waals surface area (Å²) in [5.74, 6) is 1.34. The predicted molar refractivity (Wildman–Crippen MR) is 78.5 cm³/mol. The van der Waals surface area contributed by atoms with Crippen LogP contribution in [0.5, 0.6) is 0 Å². The number of hydrogen-bond acceptors (Lipinski definition) is 3. The highest BCUT2D eigenvalue weighted by molar-refractivity contribution is 7.85. The van der Waals surface area contributed by atoms with Crippen LogP contribution in [-0.2, 0) is 10.1 Å². The van der Waals surface area contributed by atoms with Crippen molar-refractivity contribution < 1.29 is 13.0 Å². The first-order chi connectivity index (χ1) is 8.63. The van der Waals surface area contributed by atoms with Crippen LogP contribution in [-0.4, -0.2) is 25.3 Å². The summed E-state index contributed by atoms with van der Waals surface area (Å²) in [5, 5.41) is 0. The fourth-order valence-corrected chi connectivity index (χ4v) is 3.90. The largest absolute Gasteiger partial charge is 0.330 e. The molecule has 1 aliphatic rings. The summed E-state index contributed by atoms with van der Waals surface area (Å²) in [7, 11) is -3.86. The maximum Gasteiger partial charge on any atom is 0.264 e. The molecule has 0 aromatic rings. The van der Waals surface area contributed by atoms with Crippen molar-refractivity contribution in [1.82, 2.24) is 0 Å². The van der Waals surface area contributed by atoms with Crippen molar-refractivity contribution in [2.45, 2.75) is 52.9 Å². The molecular weight excluding hydrogens is 262 g/mol. The lowest BCUT2D eigenvalue weighted by Crippen LogP contribution is -2.32. The summed E-state index contributed by atoms with van der Waals surface area (Å²) in [6.07, 6.45) is 5.16. The Labute approximate surface area is 117 Å². The van der Waals surface area contributed by atoms with Crippen LogP contribution in [0.15, 0.2) is 0 Å². The van der Waals surface area contributed by atoms with E-state index >= 15 is 0 Å². The average molecular weight is 291 g/mol. The molecule has 0 saturated heterocycles. The van der Waals surface area contributed by atoms with Gasteiger partial charge in [0.25, 0.3) is 10.1 Å². The van der Waals surface area contributed by atoms with Crippen LogP contribution in [0.3, 0.4) is 0 Å². The molecule has 4 nitrogen and oxygen atoms in total. The summed E-state index contributed by atoms with van der Waals surface area (Å²) < 4.78 is 30.5. The van der Waals surface area contributed by atoms with Gasteiger partial charge in [0.05, 0.1) is 5.75 Å². The van der Waals surface area contributed by atoms with Crippen LogP contribution in [0.4, 0.5) is 0 Å². The van der Waals surface area contributed by atoms with E-state index in [1.165, 1.54) is 12.8 Å². The standard InChI is InChI=1S/C14H29NO3S/c1-14(2,3)13-6-4-11(5-7-13)12(10-15)8-9-19(16,17)18/h11-13H,4-10,15H2,1-3H3,(H,16,17,18). The first-order valence-electron chi connectivity index (χ1n) is 7.28. The highest BCUT2D eigenvalue weighted by atomic mass is 32.2. The third kappa shape index (κ3) is 5.79. The van der Waals surface area contributed by atoms with Gasteiger partial charge >= 0.3 is 0 Å². The molecule has 0 amide bonds. The molecule has 0 spiro atoms. The van der Waals surface area contributed by atoms with Crippen molar-refractivity contribution in [3.63, 3.8) is 0 Å². The number of rotatable bonds is 5. The summed E-state index contributed by atoms with van der Waals surface area (Å²) in [6, 6.07) is 0. The zero-order chi connectivity index (χ0) is 14.7. The third-order valence-electron chi connectivity index (χ3n) is 4.71. The van der Waals surface area contributed by atoms with Gasteiger partial charge < -0.3 is 5.73 Å². The van der Waals surface area contributed by atoms with Gasteiger partial charge in [0.15, 0.2) is 0 Å². The van der Waals surface area contributed by atoms with Crippen molar-refractivity contribution in [2.24, 2.45) is 28.9 Å². The lowest BCUT2D eigenvalue weighted by Gasteiger charge is -2.39. The maximum absolute atomic E-state index is 10.8. The molecule has 0 radical (unpaired) electrons. The molecule has 1 unspecified atom stereocenters. The quantitative estimate of drug-likeness (QED) is 0.763. The molecule has 3 N–H and O–H groups in total. The van der Waals surface area contributed by atoms with E-state index in [0.29, 0.717) is 24.3 Å². The van der Waals surface area contributed by atoms with Crippen LogP contribution in [0.25, 0.3) is 0 Å². The van der Waals surface area contributed by atoms with Crippen LogP contribution < -0.4 is 5.73 Å². The average Bonchev–Trinajstić information content (AvgIpc) is 2.28. The lowest BCUT2D eigenvalue weighted by molar-refractivity contribution is 0.124. The highest BCUT2D eigenvalue weighted by Crippen LogP contribution is 2.42. The lowest BCUT2D eigenvalue weighted by atomic mass is 9.67. The summed E-state index contributed by atoms with van der Waals surface area (Å²) in [6.45, 7) is 7.38. The molecule has 1 atom stereocenters. The van der Waals surface area contributed by atoms with Crippen LogP contribution in [0.2, 0.25) is 0 Å². The summed E-state index contributed by atoms with van der Waals surface area (Å²) >= 11 is 0. The summed E-state index contributed by atoms with van der Waals surface area (Å²) in [5.41, 5.74) is 6.14. The predicted octanol–water partition coefficient (Wildman–Crippen LogP) is 2.69. The second kappa shape index (κ2) is 6.55. The van der Waals surface area contributed by atoms with Gasteiger partial charge in [-0.25, -0.2) is 0 Å². The van der Waals surface area contributed by atoms with Crippen molar-refractivity contribution >= 4 is 10.1 Å². The third-order valence-corrected chi connectivity index (χ3v) is 5.46. The van der Waals surface area contributed by atoms with Gasteiger partial charge in [-0.3, -0.25) is 4.55 Å². The minimum absolute atomic E-state index is 0.159. The van der Waals surface area contributed by atoms with E-state index in [2.05, 4.69) is 20.8 Å². The fourth-order valence-electron chi connectivity index (χ4n) is 3.30. The zero-order valence-electron chi connectivity index (χ0n) is 12.4. The van der Waals surface area contributed by atoms with Gasteiger partial charge in [0.2, 0.25) is 0 Å². The molecule has 0 aliphatic heterocycles. The minimum Gasteiger partial charge on any atom is -0.330 e. The Balaban J connectivity index is 2.48. The van der Waals surface area contributed by atoms with Crippen molar-refractivity contribution in [3.8, 4) is 0 Å². The molecule has 114 valence electrons. The van der Waals surface area contributed by atoms with Gasteiger partial charge in [-0.2, -0.15) is 8.42 Å². The Morgan fingerprint density at radius 3 is 2.11 bits per heavy atom. The molecule has 1 fully saturated rings. The van der Waals surface area contributed by atoms with Gasteiger partial charge in [-0.15, -0.1) is 0 Å². The second-order valence-electron chi connectivity index (χ2n) is 7.05. The van der Waals surface area contributed by atoms with E-state index in [4.69, 9.17) is 10.3 Å². The van der Waals surface area contributed by atoms with E-state index in [-0.39, 0.29) is 11.7 Å². The Kier molecular flexibility index (Phi) is 5.83. The van der Waals surface area contributed by atoms with E-state index < -0.39 is 10.1 Å². The van der Waals surface area contributed by atoms with Crippen LogP contribution >= 0.6 is 0 Å². The first-order valence-corrected chi connectivity index (χ1v) is 8.89. The highest BCUT2D eigenvalue weighted by Gasteiger charge is 2.32. The minimum atomic E-state index is -3.86. The molecule has 5 heteroatoms. The second-order valence-corrected chi connectivity index (χ2v) is 8.62. The van der Waals surface area contributed by atoms with Gasteiger partial charge in [0.1, 0.15) is 0 Å². The summed E-state index contributed by atoms with van der Waals surface area (Å²) in [4.78, 5) is 0. The molecule has 19 heavy (non-hydrogen) atoms. The van der Waals surface area contributed by atoms with Crippen LogP contribution in [0.1, 0.15) is 52.9 Å². The topological polar surface area (TPSA) is 80.4 Å². The van der Waals surface area contributed by atoms with Crippen molar-refractivity contribution in [2.75, 3.05) is 12.3 Å². The van der Waals surface area contributed by atoms with Gasteiger partial charge in [-0.1, -0.05) is 20.8 Å². The first kappa shape index (κ1) is 16.9. The van der Waals surface area contributed by atoms with E-state index in [9.17, 15) is 8.42 Å². The SMILES string of the molecule is CC(C)(C)C1CCC(C(CN)CCS(=O)(=O)O)CC1. The molecule has 0 heterocycles. The molecule has 0 aromatic heterocycles. The van der Waals surface area contributed by atoms with E-state index in [1.54, 1.807) is 0 Å². The molecule has 0 bridgehead atoms. The monoisotopic (exact) mass is 291 g/mol. The van der Waals surface area contributed by atoms with Crippen molar-refractivity contribution in [3.05, 3.63) is 0 Å². The Hall–Kier alpha value is -0.130. The van der Waals surface area contributed by atoms with Gasteiger partial charge in [-0.05, 0) is 61.8 Å². The molecule has 1 rings (SSSR count). The number of hydrogen-bond donors (Lipinski definition) is 2. The normalized spacial score (nSPS) is 27.2. The fraction of sp³-hybridized carbons (Fsp3) is 1.00. The van der Waals surface area contributed by atoms with E-state index in [0.717, 1.165) is 18.8 Å². The molecule has 0 aromatic carbocycles. The Morgan fingerprint density at radius 2 is 1.74 bits per heavy atom. The van der Waals surface area contributed by atoms with Crippen LogP contribution in [0, 0.1) is 23.2 Å². The van der Waals surface area contributed by atoms with E-state index in [1.807, 2.05) is 0 Å². The maximum atomic E-state index is 10.8. The smallest absolute Gasteiger partial charge is 0.264 e. The number of nitrogens with two attached hydrogens (primary N) is 1. The Morgan fingerprint density at radius 1 is 1.21 bits per heavy atom. The molecule has 1 aliphatic carbocycles. The zero-order valence-corrected chi connectivity index (χ0v) is 13.2. The molecule has 1 saturated carbocycles. The molecular formula is C14H29NO3S.